The Bertz CT molecular complexity index is 579. The van der Waals surface area contributed by atoms with Crippen molar-refractivity contribution < 1.29 is 9.53 Å². The molecular weight excluding hydrogens is 266 g/mol. The van der Waals surface area contributed by atoms with E-state index in [1.807, 2.05) is 31.3 Å². The van der Waals surface area contributed by atoms with E-state index < -0.39 is 0 Å². The zero-order chi connectivity index (χ0) is 15.1. The van der Waals surface area contributed by atoms with Gasteiger partial charge in [-0.05, 0) is 49.0 Å². The molecule has 0 aliphatic rings. The van der Waals surface area contributed by atoms with Gasteiger partial charge in [0.05, 0.1) is 7.11 Å². The van der Waals surface area contributed by atoms with E-state index >= 15 is 0 Å². The van der Waals surface area contributed by atoms with Crippen molar-refractivity contribution in [1.82, 2.24) is 5.32 Å². The predicted molar refractivity (Wildman–Crippen MR) is 84.8 cm³/mol. The van der Waals surface area contributed by atoms with Gasteiger partial charge < -0.3 is 20.7 Å². The van der Waals surface area contributed by atoms with Crippen molar-refractivity contribution in [2.24, 2.45) is 0 Å². The lowest BCUT2D eigenvalue weighted by molar-refractivity contribution is 0.262. The molecule has 0 aliphatic heterocycles. The first-order valence-corrected chi connectivity index (χ1v) is 6.67. The molecule has 0 saturated carbocycles. The molecule has 2 amide bonds. The average Bonchev–Trinajstić information content (AvgIpc) is 2.50. The van der Waals surface area contributed by atoms with Crippen LogP contribution in [0, 0.1) is 0 Å². The van der Waals surface area contributed by atoms with Crippen LogP contribution in [0.5, 0.6) is 5.75 Å². The molecule has 0 spiro atoms. The molecule has 0 aliphatic carbocycles. The van der Waals surface area contributed by atoms with Crippen LogP contribution in [0.3, 0.4) is 0 Å². The summed E-state index contributed by atoms with van der Waals surface area (Å²) in [5.74, 6) is 0.751. The van der Waals surface area contributed by atoms with Crippen molar-refractivity contribution >= 4 is 17.4 Å². The predicted octanol–water partition coefficient (Wildman–Crippen LogP) is 3.06. The number of nitrogens with one attached hydrogen (secondary N) is 3. The highest BCUT2D eigenvalue weighted by Gasteiger charge is 2.03. The van der Waals surface area contributed by atoms with Crippen molar-refractivity contribution in [2.45, 2.75) is 6.54 Å². The number of benzene rings is 2. The van der Waals surface area contributed by atoms with Gasteiger partial charge in [0.15, 0.2) is 0 Å². The Kier molecular flexibility index (Phi) is 5.17. The average molecular weight is 285 g/mol. The second-order valence-corrected chi connectivity index (χ2v) is 4.53. The van der Waals surface area contributed by atoms with E-state index in [0.29, 0.717) is 5.69 Å². The molecule has 0 saturated heterocycles. The smallest absolute Gasteiger partial charge is 0.323 e. The Morgan fingerprint density at radius 1 is 0.952 bits per heavy atom. The number of carbonyl (C=O) groups excluding carboxylic acids is 1. The van der Waals surface area contributed by atoms with E-state index in [1.165, 1.54) is 5.56 Å². The SMILES string of the molecule is CNCc1ccc(NC(=O)Nc2ccc(OC)cc2)cc1. The highest BCUT2D eigenvalue weighted by molar-refractivity contribution is 5.99. The minimum Gasteiger partial charge on any atom is -0.497 e. The van der Waals surface area contributed by atoms with E-state index in [-0.39, 0.29) is 6.03 Å². The fraction of sp³-hybridized carbons (Fsp3) is 0.188. The number of anilines is 2. The van der Waals surface area contributed by atoms with E-state index in [4.69, 9.17) is 4.74 Å². The summed E-state index contributed by atoms with van der Waals surface area (Å²) in [5, 5.41) is 8.63. The van der Waals surface area contributed by atoms with Crippen LogP contribution in [-0.4, -0.2) is 20.2 Å². The maximum absolute atomic E-state index is 11.9. The maximum Gasteiger partial charge on any atom is 0.323 e. The van der Waals surface area contributed by atoms with Gasteiger partial charge in [-0.1, -0.05) is 12.1 Å². The van der Waals surface area contributed by atoms with Gasteiger partial charge in [0.25, 0.3) is 0 Å². The molecule has 0 aromatic heterocycles. The van der Waals surface area contributed by atoms with Gasteiger partial charge in [-0.2, -0.15) is 0 Å². The molecule has 5 heteroatoms. The van der Waals surface area contributed by atoms with Crippen LogP contribution >= 0.6 is 0 Å². The highest BCUT2D eigenvalue weighted by atomic mass is 16.5. The summed E-state index contributed by atoms with van der Waals surface area (Å²) in [5.41, 5.74) is 2.62. The second-order valence-electron chi connectivity index (χ2n) is 4.53. The monoisotopic (exact) mass is 285 g/mol. The van der Waals surface area contributed by atoms with Crippen molar-refractivity contribution in [1.29, 1.82) is 0 Å². The molecule has 0 heterocycles. The van der Waals surface area contributed by atoms with Crippen molar-refractivity contribution in [3.63, 3.8) is 0 Å². The normalized spacial score (nSPS) is 10.0. The molecule has 0 bridgehead atoms. The minimum absolute atomic E-state index is 0.276. The molecule has 0 unspecified atom stereocenters. The number of methoxy groups -OCH3 is 1. The Labute approximate surface area is 124 Å². The summed E-state index contributed by atoms with van der Waals surface area (Å²) in [4.78, 5) is 11.9. The van der Waals surface area contributed by atoms with Crippen molar-refractivity contribution in [3.8, 4) is 5.75 Å². The number of amides is 2. The number of ether oxygens (including phenoxy) is 1. The summed E-state index contributed by atoms with van der Waals surface area (Å²) in [6.07, 6.45) is 0. The Balaban J connectivity index is 1.91. The van der Waals surface area contributed by atoms with Crippen molar-refractivity contribution in [2.75, 3.05) is 24.8 Å². The fourth-order valence-electron chi connectivity index (χ4n) is 1.88. The number of carbonyl (C=O) groups is 1. The molecule has 0 radical (unpaired) electrons. The van der Waals surface area contributed by atoms with Crippen LogP contribution in [-0.2, 0) is 6.54 Å². The topological polar surface area (TPSA) is 62.4 Å². The molecule has 2 aromatic carbocycles. The first-order valence-electron chi connectivity index (χ1n) is 6.67. The lowest BCUT2D eigenvalue weighted by Gasteiger charge is -2.09. The van der Waals surface area contributed by atoms with Crippen LogP contribution in [0.25, 0.3) is 0 Å². The summed E-state index contributed by atoms with van der Waals surface area (Å²) in [6, 6.07) is 14.6. The summed E-state index contributed by atoms with van der Waals surface area (Å²) < 4.78 is 5.07. The zero-order valence-electron chi connectivity index (χ0n) is 12.1. The van der Waals surface area contributed by atoms with Gasteiger partial charge in [0.2, 0.25) is 0 Å². The van der Waals surface area contributed by atoms with Crippen LogP contribution in [0.15, 0.2) is 48.5 Å². The quantitative estimate of drug-likeness (QED) is 0.791. The van der Waals surface area contributed by atoms with E-state index in [9.17, 15) is 4.79 Å². The van der Waals surface area contributed by atoms with Crippen LogP contribution < -0.4 is 20.7 Å². The molecular formula is C16H19N3O2. The van der Waals surface area contributed by atoms with Crippen molar-refractivity contribution in [3.05, 3.63) is 54.1 Å². The molecule has 21 heavy (non-hydrogen) atoms. The molecule has 110 valence electrons. The molecule has 2 rings (SSSR count). The second kappa shape index (κ2) is 7.31. The van der Waals surface area contributed by atoms with Crippen LogP contribution in [0.2, 0.25) is 0 Å². The van der Waals surface area contributed by atoms with E-state index in [1.54, 1.807) is 31.4 Å². The first-order chi connectivity index (χ1) is 10.2. The maximum atomic E-state index is 11.9. The number of hydrogen-bond acceptors (Lipinski definition) is 3. The van der Waals surface area contributed by atoms with Gasteiger partial charge >= 0.3 is 6.03 Å². The summed E-state index contributed by atoms with van der Waals surface area (Å²) >= 11 is 0. The van der Waals surface area contributed by atoms with Gasteiger partial charge in [-0.15, -0.1) is 0 Å². The third-order valence-electron chi connectivity index (χ3n) is 2.94. The Morgan fingerprint density at radius 2 is 1.48 bits per heavy atom. The lowest BCUT2D eigenvalue weighted by atomic mass is 10.2. The van der Waals surface area contributed by atoms with Crippen LogP contribution in [0.4, 0.5) is 16.2 Å². The minimum atomic E-state index is -0.276. The third kappa shape index (κ3) is 4.50. The standard InChI is InChI=1S/C16H19N3O2/c1-17-11-12-3-5-13(6-4-12)18-16(20)19-14-7-9-15(21-2)10-8-14/h3-10,17H,11H2,1-2H3,(H2,18,19,20). The van der Waals surface area contributed by atoms with E-state index in [2.05, 4.69) is 16.0 Å². The lowest BCUT2D eigenvalue weighted by Crippen LogP contribution is -2.19. The zero-order valence-corrected chi connectivity index (χ0v) is 12.1. The van der Waals surface area contributed by atoms with Gasteiger partial charge in [-0.25, -0.2) is 4.79 Å². The fourth-order valence-corrected chi connectivity index (χ4v) is 1.88. The number of hydrogen-bond donors (Lipinski definition) is 3. The molecule has 0 atom stereocenters. The Morgan fingerprint density at radius 3 is 1.95 bits per heavy atom. The molecule has 2 aromatic rings. The largest absolute Gasteiger partial charge is 0.497 e. The highest BCUT2D eigenvalue weighted by Crippen LogP contribution is 2.15. The third-order valence-corrected chi connectivity index (χ3v) is 2.94. The first kappa shape index (κ1) is 14.9. The van der Waals surface area contributed by atoms with Gasteiger partial charge in [-0.3, -0.25) is 0 Å². The Hall–Kier alpha value is -2.53. The summed E-state index contributed by atoms with van der Waals surface area (Å²) in [7, 11) is 3.50. The van der Waals surface area contributed by atoms with Gasteiger partial charge in [0, 0.05) is 17.9 Å². The number of urea groups is 1. The molecule has 5 nitrogen and oxygen atoms in total. The summed E-state index contributed by atoms with van der Waals surface area (Å²) in [6.45, 7) is 0.804. The van der Waals surface area contributed by atoms with Gasteiger partial charge in [0.1, 0.15) is 5.75 Å². The molecule has 0 fully saturated rings. The molecule has 3 N–H and O–H groups in total. The number of rotatable bonds is 5. The van der Waals surface area contributed by atoms with E-state index in [0.717, 1.165) is 18.0 Å². The van der Waals surface area contributed by atoms with Crippen LogP contribution in [0.1, 0.15) is 5.56 Å².